The fourth-order valence-corrected chi connectivity index (χ4v) is 3.83. The molecular weight excluding hydrogens is 356 g/mol. The molecule has 4 rings (SSSR count). The van der Waals surface area contributed by atoms with Crippen molar-refractivity contribution in [3.8, 4) is 0 Å². The van der Waals surface area contributed by atoms with Crippen LogP contribution in [0.5, 0.6) is 0 Å². The van der Waals surface area contributed by atoms with Crippen LogP contribution in [0.2, 0.25) is 0 Å². The van der Waals surface area contributed by atoms with Gasteiger partial charge < -0.3 is 4.90 Å². The van der Waals surface area contributed by atoms with Gasteiger partial charge in [0.25, 0.3) is 5.91 Å². The van der Waals surface area contributed by atoms with Crippen molar-refractivity contribution < 1.29 is 9.59 Å². The summed E-state index contributed by atoms with van der Waals surface area (Å²) >= 11 is 0. The van der Waals surface area contributed by atoms with Gasteiger partial charge in [-0.3, -0.25) is 19.9 Å². The number of aromatic nitrogens is 2. The SMILES string of the molecule is Cc1cc(C)nc(NN2C(=O)CC(N3CCN(c4ccccc4)CC3)C2=O)n1. The van der Waals surface area contributed by atoms with Crippen LogP contribution in [0.25, 0.3) is 0 Å². The largest absolute Gasteiger partial charge is 0.369 e. The Morgan fingerprint density at radius 1 is 0.964 bits per heavy atom. The number of nitrogens with zero attached hydrogens (tertiary/aromatic N) is 5. The van der Waals surface area contributed by atoms with Crippen LogP contribution in [0.3, 0.4) is 0 Å². The Morgan fingerprint density at radius 2 is 1.61 bits per heavy atom. The average molecular weight is 380 g/mol. The number of aryl methyl sites for hydroxylation is 2. The first-order valence-electron chi connectivity index (χ1n) is 9.51. The minimum Gasteiger partial charge on any atom is -0.369 e. The van der Waals surface area contributed by atoms with E-state index in [1.807, 2.05) is 38.1 Å². The Morgan fingerprint density at radius 3 is 2.25 bits per heavy atom. The Hall–Kier alpha value is -3.00. The number of hydrogen-bond donors (Lipinski definition) is 1. The summed E-state index contributed by atoms with van der Waals surface area (Å²) in [4.78, 5) is 38.2. The van der Waals surface area contributed by atoms with Crippen LogP contribution in [-0.4, -0.2) is 63.9 Å². The Kier molecular flexibility index (Phi) is 4.95. The van der Waals surface area contributed by atoms with E-state index >= 15 is 0 Å². The maximum atomic E-state index is 12.9. The van der Waals surface area contributed by atoms with E-state index in [0.29, 0.717) is 0 Å². The number of nitrogens with one attached hydrogen (secondary N) is 1. The first-order valence-corrected chi connectivity index (χ1v) is 9.51. The second kappa shape index (κ2) is 7.55. The van der Waals surface area contributed by atoms with Gasteiger partial charge in [0.05, 0.1) is 6.42 Å². The molecule has 1 aromatic heterocycles. The molecule has 0 aliphatic carbocycles. The van der Waals surface area contributed by atoms with Crippen LogP contribution >= 0.6 is 0 Å². The highest BCUT2D eigenvalue weighted by molar-refractivity contribution is 6.06. The summed E-state index contributed by atoms with van der Waals surface area (Å²) in [6.45, 7) is 6.84. The zero-order valence-corrected chi connectivity index (χ0v) is 16.1. The lowest BCUT2D eigenvalue weighted by Gasteiger charge is -2.38. The molecule has 2 aliphatic heterocycles. The molecule has 1 N–H and O–H groups in total. The van der Waals surface area contributed by atoms with E-state index in [0.717, 1.165) is 42.6 Å². The normalized spacial score (nSPS) is 20.7. The molecular formula is C20H24N6O2. The Bertz CT molecular complexity index is 859. The van der Waals surface area contributed by atoms with E-state index in [1.165, 1.54) is 5.69 Å². The fraction of sp³-hybridized carbons (Fsp3) is 0.400. The Labute approximate surface area is 164 Å². The maximum absolute atomic E-state index is 12.9. The second-order valence-corrected chi connectivity index (χ2v) is 7.23. The molecule has 0 saturated carbocycles. The molecule has 8 nitrogen and oxygen atoms in total. The molecule has 8 heteroatoms. The van der Waals surface area contributed by atoms with Crippen LogP contribution in [-0.2, 0) is 9.59 Å². The van der Waals surface area contributed by atoms with Crippen LogP contribution in [0.1, 0.15) is 17.8 Å². The van der Waals surface area contributed by atoms with Crippen molar-refractivity contribution in [1.82, 2.24) is 19.9 Å². The molecule has 28 heavy (non-hydrogen) atoms. The zero-order valence-electron chi connectivity index (χ0n) is 16.1. The number of benzene rings is 1. The van der Waals surface area contributed by atoms with E-state index in [4.69, 9.17) is 0 Å². The molecule has 0 bridgehead atoms. The molecule has 146 valence electrons. The number of rotatable bonds is 4. The minimum absolute atomic E-state index is 0.183. The smallest absolute Gasteiger partial charge is 0.266 e. The molecule has 1 aromatic carbocycles. The van der Waals surface area contributed by atoms with Crippen molar-refractivity contribution in [3.05, 3.63) is 47.8 Å². The summed E-state index contributed by atoms with van der Waals surface area (Å²) in [7, 11) is 0. The highest BCUT2D eigenvalue weighted by Crippen LogP contribution is 2.23. The van der Waals surface area contributed by atoms with Crippen molar-refractivity contribution in [2.75, 3.05) is 36.5 Å². The summed E-state index contributed by atoms with van der Waals surface area (Å²) in [5.74, 6) is -0.210. The van der Waals surface area contributed by atoms with E-state index < -0.39 is 6.04 Å². The molecule has 2 saturated heterocycles. The molecule has 3 heterocycles. The highest BCUT2D eigenvalue weighted by atomic mass is 16.2. The van der Waals surface area contributed by atoms with Gasteiger partial charge in [0.1, 0.15) is 6.04 Å². The predicted molar refractivity (Wildman–Crippen MR) is 106 cm³/mol. The summed E-state index contributed by atoms with van der Waals surface area (Å²) in [5.41, 5.74) is 5.55. The van der Waals surface area contributed by atoms with E-state index in [9.17, 15) is 9.59 Å². The summed E-state index contributed by atoms with van der Waals surface area (Å²) in [5, 5.41) is 1.07. The number of hydrogen-bond acceptors (Lipinski definition) is 7. The molecule has 1 unspecified atom stereocenters. The minimum atomic E-state index is -0.427. The van der Waals surface area contributed by atoms with Gasteiger partial charge in [0.2, 0.25) is 11.9 Å². The molecule has 2 amide bonds. The van der Waals surface area contributed by atoms with Gasteiger partial charge in [-0.1, -0.05) is 18.2 Å². The van der Waals surface area contributed by atoms with Crippen LogP contribution < -0.4 is 10.3 Å². The van der Waals surface area contributed by atoms with Gasteiger partial charge in [-0.25, -0.2) is 9.97 Å². The lowest BCUT2D eigenvalue weighted by Crippen LogP contribution is -2.53. The Balaban J connectivity index is 1.40. The van der Waals surface area contributed by atoms with Gasteiger partial charge in [-0.2, -0.15) is 5.01 Å². The monoisotopic (exact) mass is 380 g/mol. The van der Waals surface area contributed by atoms with Crippen molar-refractivity contribution in [3.63, 3.8) is 0 Å². The first kappa shape index (κ1) is 18.4. The molecule has 0 radical (unpaired) electrons. The van der Waals surface area contributed by atoms with Gasteiger partial charge in [-0.15, -0.1) is 0 Å². The molecule has 1 atom stereocenters. The quantitative estimate of drug-likeness (QED) is 0.802. The van der Waals surface area contributed by atoms with Crippen LogP contribution in [0.15, 0.2) is 36.4 Å². The summed E-state index contributed by atoms with van der Waals surface area (Å²) in [6.07, 6.45) is 0.183. The van der Waals surface area contributed by atoms with Crippen molar-refractivity contribution in [2.45, 2.75) is 26.3 Å². The van der Waals surface area contributed by atoms with E-state index in [2.05, 4.69) is 37.3 Å². The van der Waals surface area contributed by atoms with Crippen molar-refractivity contribution in [1.29, 1.82) is 0 Å². The number of carbonyl (C=O) groups excluding carboxylic acids is 2. The van der Waals surface area contributed by atoms with E-state index in [-0.39, 0.29) is 24.2 Å². The molecule has 0 spiro atoms. The average Bonchev–Trinajstić information content (AvgIpc) is 2.96. The summed E-state index contributed by atoms with van der Waals surface area (Å²) in [6, 6.07) is 11.7. The zero-order chi connectivity index (χ0) is 19.7. The topological polar surface area (TPSA) is 81.7 Å². The predicted octanol–water partition coefficient (Wildman–Crippen LogP) is 1.37. The van der Waals surface area contributed by atoms with Gasteiger partial charge >= 0.3 is 0 Å². The third-order valence-electron chi connectivity index (χ3n) is 5.19. The summed E-state index contributed by atoms with van der Waals surface area (Å²) < 4.78 is 0. The number of anilines is 2. The van der Waals surface area contributed by atoms with Gasteiger partial charge in [-0.05, 0) is 32.0 Å². The van der Waals surface area contributed by atoms with E-state index in [1.54, 1.807) is 0 Å². The molecule has 2 aliphatic rings. The fourth-order valence-electron chi connectivity index (χ4n) is 3.83. The number of imide groups is 1. The molecule has 2 aromatic rings. The lowest BCUT2D eigenvalue weighted by atomic mass is 10.1. The second-order valence-electron chi connectivity index (χ2n) is 7.23. The number of piperazine rings is 1. The van der Waals surface area contributed by atoms with Crippen molar-refractivity contribution in [2.24, 2.45) is 0 Å². The molecule has 2 fully saturated rings. The van der Waals surface area contributed by atoms with Gasteiger partial charge in [0, 0.05) is 43.3 Å². The van der Waals surface area contributed by atoms with Crippen molar-refractivity contribution >= 4 is 23.5 Å². The standard InChI is InChI=1S/C20H24N6O2/c1-14-12-15(2)22-20(21-14)23-26-18(27)13-17(19(26)28)25-10-8-24(9-11-25)16-6-4-3-5-7-16/h3-7,12,17H,8-11,13H2,1-2H3,(H,21,22,23). The number of carbonyl (C=O) groups is 2. The lowest BCUT2D eigenvalue weighted by molar-refractivity contribution is -0.138. The highest BCUT2D eigenvalue weighted by Gasteiger charge is 2.43. The third kappa shape index (κ3) is 3.68. The van der Waals surface area contributed by atoms with Crippen LogP contribution in [0.4, 0.5) is 11.6 Å². The number of para-hydroxylation sites is 1. The van der Waals surface area contributed by atoms with Crippen LogP contribution in [0, 0.1) is 13.8 Å². The van der Waals surface area contributed by atoms with Gasteiger partial charge in [0.15, 0.2) is 0 Å². The maximum Gasteiger partial charge on any atom is 0.266 e. The third-order valence-corrected chi connectivity index (χ3v) is 5.19. The number of hydrazine groups is 1. The first-order chi connectivity index (χ1) is 13.5. The number of amides is 2.